The molecular formula is C13H11NO3. The monoisotopic (exact) mass is 229 g/mol. The van der Waals surface area contributed by atoms with Crippen LogP contribution >= 0.6 is 0 Å². The van der Waals surface area contributed by atoms with Crippen molar-refractivity contribution < 1.29 is 14.4 Å². The molecule has 0 aliphatic carbocycles. The summed E-state index contributed by atoms with van der Waals surface area (Å²) in [6, 6.07) is 6.42. The van der Waals surface area contributed by atoms with Gasteiger partial charge in [0.25, 0.3) is 11.8 Å². The van der Waals surface area contributed by atoms with Gasteiger partial charge in [-0.2, -0.15) is 0 Å². The molecule has 0 N–H and O–H groups in total. The van der Waals surface area contributed by atoms with Crippen molar-refractivity contribution in [3.63, 3.8) is 0 Å². The van der Waals surface area contributed by atoms with E-state index in [-0.39, 0.29) is 11.8 Å². The standard InChI is InChI=1S/C13H11NO3/c1-8-9(2)13(17)14(12(8)16)11-5-3-4-10(6-11)7-15/h3-7H,1-2H3. The van der Waals surface area contributed by atoms with Gasteiger partial charge < -0.3 is 0 Å². The molecule has 1 aromatic carbocycles. The van der Waals surface area contributed by atoms with Gasteiger partial charge in [-0.05, 0) is 26.0 Å². The minimum atomic E-state index is -0.324. The maximum Gasteiger partial charge on any atom is 0.261 e. The average molecular weight is 229 g/mol. The summed E-state index contributed by atoms with van der Waals surface area (Å²) < 4.78 is 0. The fraction of sp³-hybridized carbons (Fsp3) is 0.154. The van der Waals surface area contributed by atoms with Crippen LogP contribution in [0.25, 0.3) is 0 Å². The SMILES string of the molecule is CC1=C(C)C(=O)N(c2cccc(C=O)c2)C1=O. The van der Waals surface area contributed by atoms with E-state index in [0.29, 0.717) is 28.7 Å². The molecule has 4 heteroatoms. The molecular weight excluding hydrogens is 218 g/mol. The zero-order valence-electron chi connectivity index (χ0n) is 9.56. The molecule has 1 aliphatic rings. The van der Waals surface area contributed by atoms with Crippen LogP contribution in [-0.2, 0) is 9.59 Å². The molecule has 0 bridgehead atoms. The molecule has 1 aliphatic heterocycles. The lowest BCUT2D eigenvalue weighted by Crippen LogP contribution is -2.31. The first-order valence-corrected chi connectivity index (χ1v) is 5.17. The van der Waals surface area contributed by atoms with Gasteiger partial charge in [0.05, 0.1) is 5.69 Å². The fourth-order valence-electron chi connectivity index (χ4n) is 1.72. The Kier molecular flexibility index (Phi) is 2.63. The Morgan fingerprint density at radius 2 is 1.65 bits per heavy atom. The Morgan fingerprint density at radius 3 is 2.18 bits per heavy atom. The molecule has 0 fully saturated rings. The van der Waals surface area contributed by atoms with Crippen LogP contribution in [0.2, 0.25) is 0 Å². The number of hydrogen-bond donors (Lipinski definition) is 0. The highest BCUT2D eigenvalue weighted by Gasteiger charge is 2.34. The summed E-state index contributed by atoms with van der Waals surface area (Å²) >= 11 is 0. The molecule has 1 aromatic rings. The van der Waals surface area contributed by atoms with Crippen molar-refractivity contribution >= 4 is 23.8 Å². The number of carbonyl (C=O) groups is 3. The predicted molar refractivity (Wildman–Crippen MR) is 62.7 cm³/mol. The molecule has 17 heavy (non-hydrogen) atoms. The number of carbonyl (C=O) groups excluding carboxylic acids is 3. The molecule has 0 saturated carbocycles. The van der Waals surface area contributed by atoms with Crippen molar-refractivity contribution in [2.75, 3.05) is 4.90 Å². The van der Waals surface area contributed by atoms with E-state index in [1.54, 1.807) is 32.0 Å². The number of nitrogens with zero attached hydrogens (tertiary/aromatic N) is 1. The molecule has 0 aromatic heterocycles. The zero-order valence-corrected chi connectivity index (χ0v) is 9.56. The molecule has 1 heterocycles. The van der Waals surface area contributed by atoms with Crippen LogP contribution in [0.3, 0.4) is 0 Å². The van der Waals surface area contributed by atoms with E-state index in [1.165, 1.54) is 6.07 Å². The van der Waals surface area contributed by atoms with E-state index in [2.05, 4.69) is 0 Å². The summed E-state index contributed by atoms with van der Waals surface area (Å²) in [6.45, 7) is 3.25. The third-order valence-electron chi connectivity index (χ3n) is 2.87. The van der Waals surface area contributed by atoms with Gasteiger partial charge in [-0.1, -0.05) is 12.1 Å². The van der Waals surface area contributed by atoms with Gasteiger partial charge in [0.2, 0.25) is 0 Å². The number of hydrogen-bond acceptors (Lipinski definition) is 3. The molecule has 86 valence electrons. The van der Waals surface area contributed by atoms with Crippen LogP contribution in [0.1, 0.15) is 24.2 Å². The summed E-state index contributed by atoms with van der Waals surface area (Å²) in [7, 11) is 0. The maximum absolute atomic E-state index is 11.9. The van der Waals surface area contributed by atoms with Crippen LogP contribution in [0.5, 0.6) is 0 Å². The third-order valence-corrected chi connectivity index (χ3v) is 2.87. The lowest BCUT2D eigenvalue weighted by Gasteiger charge is -2.14. The highest BCUT2D eigenvalue weighted by Crippen LogP contribution is 2.26. The fourth-order valence-corrected chi connectivity index (χ4v) is 1.72. The first-order chi connectivity index (χ1) is 8.06. The minimum absolute atomic E-state index is 0.324. The quantitative estimate of drug-likeness (QED) is 0.573. The third kappa shape index (κ3) is 1.67. The van der Waals surface area contributed by atoms with E-state index < -0.39 is 0 Å². The Bertz CT molecular complexity index is 534. The first-order valence-electron chi connectivity index (χ1n) is 5.17. The number of imide groups is 1. The summed E-state index contributed by atoms with van der Waals surface area (Å²) in [5, 5.41) is 0. The van der Waals surface area contributed by atoms with Gasteiger partial charge in [-0.3, -0.25) is 14.4 Å². The van der Waals surface area contributed by atoms with Crippen molar-refractivity contribution in [2.45, 2.75) is 13.8 Å². The number of rotatable bonds is 2. The summed E-state index contributed by atoms with van der Waals surface area (Å²) in [5.41, 5.74) is 1.77. The highest BCUT2D eigenvalue weighted by atomic mass is 16.2. The largest absolute Gasteiger partial charge is 0.298 e. The van der Waals surface area contributed by atoms with Crippen molar-refractivity contribution in [2.24, 2.45) is 0 Å². The second-order valence-corrected chi connectivity index (χ2v) is 3.91. The highest BCUT2D eigenvalue weighted by molar-refractivity contribution is 6.32. The van der Waals surface area contributed by atoms with Crippen LogP contribution < -0.4 is 4.90 Å². The van der Waals surface area contributed by atoms with Gasteiger partial charge in [0.15, 0.2) is 0 Å². The number of anilines is 1. The predicted octanol–water partition coefficient (Wildman–Crippen LogP) is 1.71. The molecule has 2 amide bonds. The van der Waals surface area contributed by atoms with Crippen LogP contribution in [0.4, 0.5) is 5.69 Å². The van der Waals surface area contributed by atoms with Gasteiger partial charge in [0.1, 0.15) is 6.29 Å². The van der Waals surface area contributed by atoms with E-state index in [9.17, 15) is 14.4 Å². The normalized spacial score (nSPS) is 15.8. The second-order valence-electron chi connectivity index (χ2n) is 3.91. The lowest BCUT2D eigenvalue weighted by molar-refractivity contribution is -0.120. The Hall–Kier alpha value is -2.23. The molecule has 2 rings (SSSR count). The van der Waals surface area contributed by atoms with Crippen molar-refractivity contribution in [1.29, 1.82) is 0 Å². The molecule has 0 unspecified atom stereocenters. The maximum atomic E-state index is 11.9. The van der Waals surface area contributed by atoms with E-state index in [0.717, 1.165) is 4.90 Å². The zero-order chi connectivity index (χ0) is 12.6. The van der Waals surface area contributed by atoms with Crippen LogP contribution in [0, 0.1) is 0 Å². The Morgan fingerprint density at radius 1 is 1.06 bits per heavy atom. The van der Waals surface area contributed by atoms with Crippen LogP contribution in [0.15, 0.2) is 35.4 Å². The van der Waals surface area contributed by atoms with Gasteiger partial charge in [0, 0.05) is 16.7 Å². The molecule has 0 spiro atoms. The summed E-state index contributed by atoms with van der Waals surface area (Å²) in [5.74, 6) is -0.647. The van der Waals surface area contributed by atoms with Crippen LogP contribution in [-0.4, -0.2) is 18.1 Å². The van der Waals surface area contributed by atoms with Gasteiger partial charge in [-0.15, -0.1) is 0 Å². The van der Waals surface area contributed by atoms with E-state index in [4.69, 9.17) is 0 Å². The first kappa shape index (κ1) is 11.3. The summed E-state index contributed by atoms with van der Waals surface area (Å²) in [6.07, 6.45) is 0.682. The summed E-state index contributed by atoms with van der Waals surface area (Å²) in [4.78, 5) is 35.5. The minimum Gasteiger partial charge on any atom is -0.298 e. The average Bonchev–Trinajstić information content (AvgIpc) is 2.54. The number of benzene rings is 1. The lowest BCUT2D eigenvalue weighted by atomic mass is 10.2. The number of aldehydes is 1. The van der Waals surface area contributed by atoms with Gasteiger partial charge >= 0.3 is 0 Å². The Labute approximate surface area is 98.5 Å². The molecule has 0 atom stereocenters. The smallest absolute Gasteiger partial charge is 0.261 e. The molecule has 0 radical (unpaired) electrons. The van der Waals surface area contributed by atoms with E-state index >= 15 is 0 Å². The van der Waals surface area contributed by atoms with Crippen molar-refractivity contribution in [3.8, 4) is 0 Å². The molecule has 0 saturated heterocycles. The Balaban J connectivity index is 2.46. The van der Waals surface area contributed by atoms with Crippen molar-refractivity contribution in [3.05, 3.63) is 41.0 Å². The molecule has 4 nitrogen and oxygen atoms in total. The van der Waals surface area contributed by atoms with E-state index in [1.807, 2.05) is 0 Å². The van der Waals surface area contributed by atoms with Crippen molar-refractivity contribution in [1.82, 2.24) is 0 Å². The number of amides is 2. The second kappa shape index (κ2) is 3.97. The topological polar surface area (TPSA) is 54.5 Å². The van der Waals surface area contributed by atoms with Gasteiger partial charge in [-0.25, -0.2) is 4.90 Å².